The lowest BCUT2D eigenvalue weighted by atomic mass is 10.0. The van der Waals surface area contributed by atoms with Gasteiger partial charge in [0.1, 0.15) is 0 Å². The fourth-order valence-corrected chi connectivity index (χ4v) is 2.48. The molecule has 0 heterocycles. The summed E-state index contributed by atoms with van der Waals surface area (Å²) in [5.74, 6) is 0.190. The summed E-state index contributed by atoms with van der Waals surface area (Å²) in [5, 5.41) is 13.4. The SMILES string of the molecule is COc1ccc(/C=N/O)cc1OC(=O)c1cccc2ccccc12. The number of fused-ring (bicyclic) bond motifs is 1. The van der Waals surface area contributed by atoms with Gasteiger partial charge in [0.15, 0.2) is 11.5 Å². The lowest BCUT2D eigenvalue weighted by molar-refractivity contribution is 0.0732. The minimum Gasteiger partial charge on any atom is -0.493 e. The van der Waals surface area contributed by atoms with Crippen molar-refractivity contribution in [3.05, 3.63) is 71.8 Å². The van der Waals surface area contributed by atoms with Crippen LogP contribution in [0.5, 0.6) is 11.5 Å². The van der Waals surface area contributed by atoms with Gasteiger partial charge in [-0.15, -0.1) is 0 Å². The summed E-state index contributed by atoms with van der Waals surface area (Å²) < 4.78 is 10.7. The zero-order valence-corrected chi connectivity index (χ0v) is 13.0. The Bertz CT molecular complexity index is 913. The van der Waals surface area contributed by atoms with Gasteiger partial charge in [0.2, 0.25) is 0 Å². The van der Waals surface area contributed by atoms with E-state index >= 15 is 0 Å². The summed E-state index contributed by atoms with van der Waals surface area (Å²) in [6.07, 6.45) is 1.24. The lowest BCUT2D eigenvalue weighted by Crippen LogP contribution is -2.10. The lowest BCUT2D eigenvalue weighted by Gasteiger charge is -2.11. The largest absolute Gasteiger partial charge is 0.493 e. The molecule has 0 saturated carbocycles. The number of oxime groups is 1. The number of benzene rings is 3. The molecule has 0 aromatic heterocycles. The van der Waals surface area contributed by atoms with E-state index in [1.807, 2.05) is 36.4 Å². The second kappa shape index (κ2) is 6.83. The van der Waals surface area contributed by atoms with Crippen molar-refractivity contribution < 1.29 is 19.5 Å². The van der Waals surface area contributed by atoms with Gasteiger partial charge in [-0.05, 0) is 35.0 Å². The molecule has 5 heteroatoms. The normalized spacial score (nSPS) is 10.9. The van der Waals surface area contributed by atoms with Crippen molar-refractivity contribution in [3.63, 3.8) is 0 Å². The molecule has 0 unspecified atom stereocenters. The highest BCUT2D eigenvalue weighted by atomic mass is 16.6. The van der Waals surface area contributed by atoms with Crippen LogP contribution in [-0.4, -0.2) is 24.5 Å². The maximum atomic E-state index is 12.6. The van der Waals surface area contributed by atoms with Crippen LogP contribution in [0.25, 0.3) is 10.8 Å². The molecule has 0 radical (unpaired) electrons. The van der Waals surface area contributed by atoms with Crippen molar-refractivity contribution in [2.75, 3.05) is 7.11 Å². The molecule has 0 aliphatic carbocycles. The van der Waals surface area contributed by atoms with Crippen LogP contribution >= 0.6 is 0 Å². The summed E-state index contributed by atoms with van der Waals surface area (Å²) in [6, 6.07) is 18.0. The number of nitrogens with zero attached hydrogens (tertiary/aromatic N) is 1. The van der Waals surface area contributed by atoms with Crippen LogP contribution in [0.4, 0.5) is 0 Å². The van der Waals surface area contributed by atoms with E-state index in [0.29, 0.717) is 16.9 Å². The van der Waals surface area contributed by atoms with Crippen LogP contribution in [0.15, 0.2) is 65.8 Å². The zero-order chi connectivity index (χ0) is 16.9. The number of carbonyl (C=O) groups excluding carboxylic acids is 1. The summed E-state index contributed by atoms with van der Waals surface area (Å²) in [4.78, 5) is 12.6. The zero-order valence-electron chi connectivity index (χ0n) is 13.0. The molecule has 0 atom stereocenters. The van der Waals surface area contributed by atoms with Crippen molar-refractivity contribution in [1.29, 1.82) is 0 Å². The first-order chi connectivity index (χ1) is 11.7. The van der Waals surface area contributed by atoms with Crippen molar-refractivity contribution in [2.24, 2.45) is 5.16 Å². The fourth-order valence-electron chi connectivity index (χ4n) is 2.48. The van der Waals surface area contributed by atoms with Gasteiger partial charge >= 0.3 is 5.97 Å². The van der Waals surface area contributed by atoms with Crippen molar-refractivity contribution in [1.82, 2.24) is 0 Å². The number of methoxy groups -OCH3 is 1. The Balaban J connectivity index is 1.98. The molecule has 3 aromatic rings. The van der Waals surface area contributed by atoms with E-state index in [1.54, 1.807) is 24.3 Å². The van der Waals surface area contributed by atoms with Gasteiger partial charge in [0.25, 0.3) is 0 Å². The van der Waals surface area contributed by atoms with Gasteiger partial charge in [-0.1, -0.05) is 41.6 Å². The topological polar surface area (TPSA) is 68.1 Å². The van der Waals surface area contributed by atoms with Gasteiger partial charge < -0.3 is 14.7 Å². The van der Waals surface area contributed by atoms with Crippen molar-refractivity contribution >= 4 is 23.0 Å². The monoisotopic (exact) mass is 321 g/mol. The predicted molar refractivity (Wildman–Crippen MR) is 91.3 cm³/mol. The van der Waals surface area contributed by atoms with E-state index in [9.17, 15) is 4.79 Å². The highest BCUT2D eigenvalue weighted by Crippen LogP contribution is 2.29. The highest BCUT2D eigenvalue weighted by molar-refractivity contribution is 6.05. The molecule has 0 aliphatic heterocycles. The molecule has 3 aromatic carbocycles. The first kappa shape index (κ1) is 15.6. The average Bonchev–Trinajstić information content (AvgIpc) is 2.62. The predicted octanol–water partition coefficient (Wildman–Crippen LogP) is 3.88. The quantitative estimate of drug-likeness (QED) is 0.260. The minimum absolute atomic E-state index is 0.257. The Morgan fingerprint density at radius 1 is 1.04 bits per heavy atom. The smallest absolute Gasteiger partial charge is 0.344 e. The molecule has 0 spiro atoms. The van der Waals surface area contributed by atoms with Crippen molar-refractivity contribution in [2.45, 2.75) is 0 Å². The summed E-state index contributed by atoms with van der Waals surface area (Å²) in [6.45, 7) is 0. The second-order valence-electron chi connectivity index (χ2n) is 5.07. The molecule has 0 amide bonds. The Hall–Kier alpha value is -3.34. The first-order valence-electron chi connectivity index (χ1n) is 7.28. The highest BCUT2D eigenvalue weighted by Gasteiger charge is 2.15. The Morgan fingerprint density at radius 2 is 1.83 bits per heavy atom. The van der Waals surface area contributed by atoms with Gasteiger partial charge in [0, 0.05) is 5.56 Å². The third kappa shape index (κ3) is 3.05. The van der Waals surface area contributed by atoms with Gasteiger partial charge in [-0.3, -0.25) is 0 Å². The molecule has 0 fully saturated rings. The molecular weight excluding hydrogens is 306 g/mol. The number of esters is 1. The van der Waals surface area contributed by atoms with Gasteiger partial charge in [-0.2, -0.15) is 0 Å². The molecule has 1 N–H and O–H groups in total. The van der Waals surface area contributed by atoms with Crippen LogP contribution in [0, 0.1) is 0 Å². The first-order valence-corrected chi connectivity index (χ1v) is 7.28. The van der Waals surface area contributed by atoms with E-state index in [0.717, 1.165) is 10.8 Å². The molecular formula is C19H15NO4. The molecule has 3 rings (SSSR count). The van der Waals surface area contributed by atoms with E-state index in [4.69, 9.17) is 14.7 Å². The van der Waals surface area contributed by atoms with E-state index in [2.05, 4.69) is 5.16 Å². The van der Waals surface area contributed by atoms with E-state index in [-0.39, 0.29) is 5.75 Å². The maximum absolute atomic E-state index is 12.6. The standard InChI is InChI=1S/C19H15NO4/c1-23-17-10-9-13(12-20-22)11-18(17)24-19(21)16-8-4-6-14-5-2-3-7-15(14)16/h2-12,22H,1H3/b20-12+. The second-order valence-corrected chi connectivity index (χ2v) is 5.07. The summed E-state index contributed by atoms with van der Waals surface area (Å²) in [5.41, 5.74) is 1.05. The molecule has 0 saturated heterocycles. The molecule has 120 valence electrons. The summed E-state index contributed by atoms with van der Waals surface area (Å²) >= 11 is 0. The van der Waals surface area contributed by atoms with Crippen LogP contribution in [0.3, 0.4) is 0 Å². The third-order valence-corrected chi connectivity index (χ3v) is 3.61. The van der Waals surface area contributed by atoms with E-state index in [1.165, 1.54) is 13.3 Å². The number of ether oxygens (including phenoxy) is 2. The number of carbonyl (C=O) groups is 1. The molecule has 0 bridgehead atoms. The fraction of sp³-hybridized carbons (Fsp3) is 0.0526. The Morgan fingerprint density at radius 3 is 2.62 bits per heavy atom. The minimum atomic E-state index is -0.483. The average molecular weight is 321 g/mol. The molecule has 0 aliphatic rings. The van der Waals surface area contributed by atoms with Crippen molar-refractivity contribution in [3.8, 4) is 11.5 Å². The Labute approximate surface area is 138 Å². The van der Waals surface area contributed by atoms with Crippen LogP contribution in [0.1, 0.15) is 15.9 Å². The molecule has 5 nitrogen and oxygen atoms in total. The number of hydrogen-bond acceptors (Lipinski definition) is 5. The third-order valence-electron chi connectivity index (χ3n) is 3.61. The van der Waals surface area contributed by atoms with Crippen LogP contribution in [0.2, 0.25) is 0 Å². The maximum Gasteiger partial charge on any atom is 0.344 e. The van der Waals surface area contributed by atoms with Crippen LogP contribution < -0.4 is 9.47 Å². The van der Waals surface area contributed by atoms with Gasteiger partial charge in [-0.25, -0.2) is 4.79 Å². The van der Waals surface area contributed by atoms with Crippen LogP contribution in [-0.2, 0) is 0 Å². The molecule has 24 heavy (non-hydrogen) atoms. The van der Waals surface area contributed by atoms with Gasteiger partial charge in [0.05, 0.1) is 18.9 Å². The number of rotatable bonds is 4. The Kier molecular flexibility index (Phi) is 4.43. The number of hydrogen-bond donors (Lipinski definition) is 1. The summed E-state index contributed by atoms with van der Waals surface area (Å²) in [7, 11) is 1.49. The van der Waals surface area contributed by atoms with E-state index < -0.39 is 5.97 Å².